The van der Waals surface area contributed by atoms with E-state index in [0.29, 0.717) is 0 Å². The van der Waals surface area contributed by atoms with Gasteiger partial charge in [0.2, 0.25) is 0 Å². The van der Waals surface area contributed by atoms with Crippen LogP contribution in [0.3, 0.4) is 0 Å². The molecule has 1 N–H and O–H groups in total. The molecule has 5 nitrogen and oxygen atoms in total. The first kappa shape index (κ1) is 13.5. The van der Waals surface area contributed by atoms with Gasteiger partial charge in [0, 0.05) is 34.0 Å². The molecular formula is C12H15IN2O3. The number of anilines is 1. The highest BCUT2D eigenvalue weighted by Gasteiger charge is 2.22. The van der Waals surface area contributed by atoms with E-state index in [9.17, 15) is 10.1 Å². The van der Waals surface area contributed by atoms with Crippen molar-refractivity contribution in [1.82, 2.24) is 0 Å². The Balaban J connectivity index is 2.06. The summed E-state index contributed by atoms with van der Waals surface area (Å²) in [5, 5.41) is 14.0. The number of rotatable bonds is 4. The van der Waals surface area contributed by atoms with E-state index in [0.717, 1.165) is 28.7 Å². The second-order valence-corrected chi connectivity index (χ2v) is 5.57. The Bertz CT molecular complexity index is 447. The highest BCUT2D eigenvalue weighted by Crippen LogP contribution is 2.26. The van der Waals surface area contributed by atoms with E-state index < -0.39 is 0 Å². The normalized spacial score (nSPS) is 20.7. The molecular weight excluding hydrogens is 347 g/mol. The molecule has 1 aliphatic heterocycles. The number of benzene rings is 1. The largest absolute Gasteiger partial charge is 0.379 e. The molecule has 0 aromatic heterocycles. The molecule has 2 unspecified atom stereocenters. The highest BCUT2D eigenvalue weighted by atomic mass is 127. The minimum Gasteiger partial charge on any atom is -0.379 e. The number of nitrogens with one attached hydrogen (secondary N) is 1. The van der Waals surface area contributed by atoms with E-state index in [4.69, 9.17) is 4.74 Å². The van der Waals surface area contributed by atoms with Gasteiger partial charge in [0.25, 0.3) is 5.69 Å². The van der Waals surface area contributed by atoms with E-state index in [2.05, 4.69) is 34.8 Å². The van der Waals surface area contributed by atoms with Crippen LogP contribution in [0, 0.1) is 13.7 Å². The maximum Gasteiger partial charge on any atom is 0.270 e. The Kier molecular flexibility index (Phi) is 4.39. The summed E-state index contributed by atoms with van der Waals surface area (Å²) in [4.78, 5) is 10.3. The molecule has 98 valence electrons. The minimum atomic E-state index is -0.380. The van der Waals surface area contributed by atoms with E-state index in [1.165, 1.54) is 6.07 Å². The van der Waals surface area contributed by atoms with Crippen LogP contribution in [0.2, 0.25) is 0 Å². The molecule has 0 aliphatic carbocycles. The molecule has 2 atom stereocenters. The van der Waals surface area contributed by atoms with Crippen molar-refractivity contribution in [3.63, 3.8) is 0 Å². The van der Waals surface area contributed by atoms with Crippen LogP contribution in [0.1, 0.15) is 19.8 Å². The SMILES string of the molecule is CC(Nc1ccc([N+](=O)[O-])cc1I)C1CCCO1. The molecule has 1 saturated heterocycles. The van der Waals surface area contributed by atoms with Gasteiger partial charge >= 0.3 is 0 Å². The predicted octanol–water partition coefficient (Wildman–Crippen LogP) is 3.18. The van der Waals surface area contributed by atoms with Gasteiger partial charge in [0.1, 0.15) is 0 Å². The van der Waals surface area contributed by atoms with Crippen molar-refractivity contribution in [1.29, 1.82) is 0 Å². The number of nitro benzene ring substituents is 1. The number of nitrogens with zero attached hydrogens (tertiary/aromatic N) is 1. The van der Waals surface area contributed by atoms with Gasteiger partial charge in [0.05, 0.1) is 11.0 Å². The van der Waals surface area contributed by atoms with Crippen molar-refractivity contribution in [3.05, 3.63) is 31.9 Å². The minimum absolute atomic E-state index is 0.120. The number of hydrogen-bond acceptors (Lipinski definition) is 4. The quantitative estimate of drug-likeness (QED) is 0.508. The van der Waals surface area contributed by atoms with E-state index in [1.807, 2.05) is 0 Å². The van der Waals surface area contributed by atoms with E-state index in [1.54, 1.807) is 12.1 Å². The van der Waals surface area contributed by atoms with E-state index in [-0.39, 0.29) is 22.8 Å². The summed E-state index contributed by atoms with van der Waals surface area (Å²) in [6.45, 7) is 2.90. The van der Waals surface area contributed by atoms with Gasteiger partial charge in [-0.3, -0.25) is 10.1 Å². The summed E-state index contributed by atoms with van der Waals surface area (Å²) >= 11 is 2.11. The van der Waals surface area contributed by atoms with Gasteiger partial charge in [-0.1, -0.05) is 0 Å². The zero-order valence-corrected chi connectivity index (χ0v) is 12.2. The summed E-state index contributed by atoms with van der Waals surface area (Å²) in [5.41, 5.74) is 1.04. The molecule has 2 rings (SSSR count). The number of ether oxygens (including phenoxy) is 1. The molecule has 0 radical (unpaired) electrons. The van der Waals surface area contributed by atoms with Crippen molar-refractivity contribution in [3.8, 4) is 0 Å². The standard InChI is InChI=1S/C12H15IN2O3/c1-8(12-3-2-6-18-12)14-11-5-4-9(15(16)17)7-10(11)13/h4-5,7-8,12,14H,2-3,6H2,1H3. The summed E-state index contributed by atoms with van der Waals surface area (Å²) in [5.74, 6) is 0. The molecule has 18 heavy (non-hydrogen) atoms. The fourth-order valence-corrected chi connectivity index (χ4v) is 2.72. The molecule has 1 fully saturated rings. The van der Waals surface area contributed by atoms with Crippen LogP contribution in [0.15, 0.2) is 18.2 Å². The van der Waals surface area contributed by atoms with Gasteiger partial charge in [0.15, 0.2) is 0 Å². The number of hydrogen-bond donors (Lipinski definition) is 1. The van der Waals surface area contributed by atoms with Crippen LogP contribution in [0.25, 0.3) is 0 Å². The third-order valence-corrected chi connectivity index (χ3v) is 3.96. The number of nitro groups is 1. The monoisotopic (exact) mass is 362 g/mol. The van der Waals surface area contributed by atoms with Gasteiger partial charge in [-0.25, -0.2) is 0 Å². The summed E-state index contributed by atoms with van der Waals surface area (Å²) in [6, 6.07) is 5.06. The van der Waals surface area contributed by atoms with Gasteiger partial charge in [-0.2, -0.15) is 0 Å². The molecule has 0 amide bonds. The average molecular weight is 362 g/mol. The van der Waals surface area contributed by atoms with Crippen LogP contribution in [0.4, 0.5) is 11.4 Å². The van der Waals surface area contributed by atoms with Crippen LogP contribution in [-0.4, -0.2) is 23.7 Å². The van der Waals surface area contributed by atoms with Crippen molar-refractivity contribution in [2.45, 2.75) is 31.9 Å². The maximum atomic E-state index is 10.7. The summed E-state index contributed by atoms with van der Waals surface area (Å²) < 4.78 is 6.47. The second-order valence-electron chi connectivity index (χ2n) is 4.41. The third kappa shape index (κ3) is 3.11. The Hall–Kier alpha value is -0.890. The zero-order chi connectivity index (χ0) is 13.1. The Morgan fingerprint density at radius 1 is 1.61 bits per heavy atom. The molecule has 0 saturated carbocycles. The van der Waals surface area contributed by atoms with Crippen molar-refractivity contribution >= 4 is 34.0 Å². The van der Waals surface area contributed by atoms with Crippen molar-refractivity contribution in [2.75, 3.05) is 11.9 Å². The Labute approximate surface area is 119 Å². The van der Waals surface area contributed by atoms with Crippen LogP contribution in [0.5, 0.6) is 0 Å². The maximum absolute atomic E-state index is 10.7. The van der Waals surface area contributed by atoms with Gasteiger partial charge < -0.3 is 10.1 Å². The van der Waals surface area contributed by atoms with Gasteiger partial charge in [-0.05, 0) is 48.4 Å². The Morgan fingerprint density at radius 3 is 2.94 bits per heavy atom. The molecule has 1 aromatic rings. The van der Waals surface area contributed by atoms with Crippen molar-refractivity contribution < 1.29 is 9.66 Å². The fraction of sp³-hybridized carbons (Fsp3) is 0.500. The first-order chi connectivity index (χ1) is 8.58. The summed E-state index contributed by atoms with van der Waals surface area (Å²) in [7, 11) is 0. The van der Waals surface area contributed by atoms with E-state index >= 15 is 0 Å². The smallest absolute Gasteiger partial charge is 0.270 e. The molecule has 0 spiro atoms. The van der Waals surface area contributed by atoms with Crippen LogP contribution in [-0.2, 0) is 4.74 Å². The lowest BCUT2D eigenvalue weighted by Crippen LogP contribution is -2.30. The van der Waals surface area contributed by atoms with Crippen LogP contribution >= 0.6 is 22.6 Å². The number of halogens is 1. The summed E-state index contributed by atoms with van der Waals surface area (Å²) in [6.07, 6.45) is 2.40. The molecule has 1 aromatic carbocycles. The van der Waals surface area contributed by atoms with Crippen molar-refractivity contribution in [2.24, 2.45) is 0 Å². The predicted molar refractivity (Wildman–Crippen MR) is 77.9 cm³/mol. The topological polar surface area (TPSA) is 64.4 Å². The highest BCUT2D eigenvalue weighted by molar-refractivity contribution is 14.1. The van der Waals surface area contributed by atoms with Gasteiger partial charge in [-0.15, -0.1) is 0 Å². The molecule has 1 aliphatic rings. The first-order valence-electron chi connectivity index (χ1n) is 5.90. The molecule has 0 bridgehead atoms. The fourth-order valence-electron chi connectivity index (χ4n) is 2.07. The number of non-ortho nitro benzene ring substituents is 1. The molecule has 6 heteroatoms. The molecule has 1 heterocycles. The Morgan fingerprint density at radius 2 is 2.39 bits per heavy atom. The third-order valence-electron chi connectivity index (χ3n) is 3.07. The zero-order valence-electron chi connectivity index (χ0n) is 10.1. The second kappa shape index (κ2) is 5.83. The average Bonchev–Trinajstić information content (AvgIpc) is 2.85. The lowest BCUT2D eigenvalue weighted by atomic mass is 10.1. The van der Waals surface area contributed by atoms with Crippen LogP contribution < -0.4 is 5.32 Å². The first-order valence-corrected chi connectivity index (χ1v) is 6.98. The lowest BCUT2D eigenvalue weighted by molar-refractivity contribution is -0.384. The lowest BCUT2D eigenvalue weighted by Gasteiger charge is -2.21.